The molecular weight excluding hydrogens is 346 g/mol. The molecule has 5 heteroatoms. The summed E-state index contributed by atoms with van der Waals surface area (Å²) in [6.45, 7) is 6.40. The first-order chi connectivity index (χ1) is 12.7. The highest BCUT2D eigenvalue weighted by molar-refractivity contribution is 7.98. The van der Waals surface area contributed by atoms with Crippen LogP contribution in [-0.4, -0.2) is 36.3 Å². The second kappa shape index (κ2) is 8.99. The van der Waals surface area contributed by atoms with Crippen LogP contribution < -0.4 is 9.47 Å². The first kappa shape index (κ1) is 18.6. The van der Waals surface area contributed by atoms with Gasteiger partial charge in [0.15, 0.2) is 11.5 Å². The molecule has 4 nitrogen and oxygen atoms in total. The summed E-state index contributed by atoms with van der Waals surface area (Å²) in [6.07, 6.45) is 0. The molecule has 0 unspecified atom stereocenters. The van der Waals surface area contributed by atoms with Crippen LogP contribution in [0, 0.1) is 0 Å². The highest BCUT2D eigenvalue weighted by Gasteiger charge is 2.20. The number of carbonyl (C=O) groups excluding carboxylic acids is 1. The highest BCUT2D eigenvalue weighted by Crippen LogP contribution is 2.34. The SMILES string of the molecule is CCSCc1ccc(C(=O)N(CC)Cc2cccc3c2OCCO3)cc1. The zero-order valence-electron chi connectivity index (χ0n) is 15.4. The number of benzene rings is 2. The topological polar surface area (TPSA) is 38.8 Å². The molecule has 1 aliphatic heterocycles. The number of carbonyl (C=O) groups is 1. The van der Waals surface area contributed by atoms with Crippen molar-refractivity contribution in [1.29, 1.82) is 0 Å². The Hall–Kier alpha value is -2.14. The minimum absolute atomic E-state index is 0.0384. The van der Waals surface area contributed by atoms with E-state index in [-0.39, 0.29) is 5.91 Å². The molecule has 2 aromatic carbocycles. The van der Waals surface area contributed by atoms with E-state index in [1.54, 1.807) is 0 Å². The maximum atomic E-state index is 12.9. The number of ether oxygens (including phenoxy) is 2. The van der Waals surface area contributed by atoms with E-state index < -0.39 is 0 Å². The van der Waals surface area contributed by atoms with Crippen LogP contribution in [-0.2, 0) is 12.3 Å². The molecule has 0 atom stereocenters. The summed E-state index contributed by atoms with van der Waals surface area (Å²) in [6, 6.07) is 13.8. The lowest BCUT2D eigenvalue weighted by Gasteiger charge is -2.25. The largest absolute Gasteiger partial charge is 0.486 e. The Kier molecular flexibility index (Phi) is 6.45. The summed E-state index contributed by atoms with van der Waals surface area (Å²) in [7, 11) is 0. The van der Waals surface area contributed by atoms with Crippen molar-refractivity contribution in [3.63, 3.8) is 0 Å². The van der Waals surface area contributed by atoms with Crippen LogP contribution in [0.3, 0.4) is 0 Å². The second-order valence-corrected chi connectivity index (χ2v) is 7.37. The number of hydrogen-bond donors (Lipinski definition) is 0. The first-order valence-corrected chi connectivity index (χ1v) is 10.2. The van der Waals surface area contributed by atoms with E-state index >= 15 is 0 Å². The molecule has 0 bridgehead atoms. The molecule has 138 valence electrons. The van der Waals surface area contributed by atoms with E-state index in [0.29, 0.717) is 26.3 Å². The zero-order chi connectivity index (χ0) is 18.4. The van der Waals surface area contributed by atoms with Crippen LogP contribution in [0.2, 0.25) is 0 Å². The molecule has 0 radical (unpaired) electrons. The molecular formula is C21H25NO3S. The Balaban J connectivity index is 1.73. The molecule has 0 aliphatic carbocycles. The molecule has 0 N–H and O–H groups in total. The third-order valence-corrected chi connectivity index (χ3v) is 5.30. The van der Waals surface area contributed by atoms with E-state index in [4.69, 9.17) is 9.47 Å². The Morgan fingerprint density at radius 2 is 1.85 bits per heavy atom. The molecule has 2 aromatic rings. The number of hydrogen-bond acceptors (Lipinski definition) is 4. The molecule has 0 spiro atoms. The second-order valence-electron chi connectivity index (χ2n) is 6.09. The quantitative estimate of drug-likeness (QED) is 0.724. The average Bonchev–Trinajstić information content (AvgIpc) is 2.70. The maximum Gasteiger partial charge on any atom is 0.254 e. The number of fused-ring (bicyclic) bond motifs is 1. The summed E-state index contributed by atoms with van der Waals surface area (Å²) in [5.41, 5.74) is 2.95. The summed E-state index contributed by atoms with van der Waals surface area (Å²) in [4.78, 5) is 14.8. The molecule has 3 rings (SSSR count). The van der Waals surface area contributed by atoms with Crippen molar-refractivity contribution in [2.75, 3.05) is 25.5 Å². The number of nitrogens with zero attached hydrogens (tertiary/aromatic N) is 1. The predicted octanol–water partition coefficient (Wildman–Crippen LogP) is 4.37. The van der Waals surface area contributed by atoms with Crippen molar-refractivity contribution in [3.05, 3.63) is 59.2 Å². The molecule has 0 saturated heterocycles. The predicted molar refractivity (Wildman–Crippen MR) is 106 cm³/mol. The number of thioether (sulfide) groups is 1. The number of amides is 1. The van der Waals surface area contributed by atoms with Crippen molar-refractivity contribution in [1.82, 2.24) is 4.90 Å². The fourth-order valence-corrected chi connectivity index (χ4v) is 3.57. The van der Waals surface area contributed by atoms with E-state index in [0.717, 1.165) is 34.1 Å². The molecule has 1 aliphatic rings. The van der Waals surface area contributed by atoms with Gasteiger partial charge in [-0.1, -0.05) is 31.2 Å². The van der Waals surface area contributed by atoms with Gasteiger partial charge in [-0.3, -0.25) is 4.79 Å². The van der Waals surface area contributed by atoms with Crippen molar-refractivity contribution in [2.45, 2.75) is 26.1 Å². The lowest BCUT2D eigenvalue weighted by atomic mass is 10.1. The van der Waals surface area contributed by atoms with E-state index in [1.807, 2.05) is 66.1 Å². The van der Waals surface area contributed by atoms with Gasteiger partial charge in [0.05, 0.1) is 0 Å². The summed E-state index contributed by atoms with van der Waals surface area (Å²) >= 11 is 1.88. The van der Waals surface area contributed by atoms with Crippen molar-refractivity contribution in [3.8, 4) is 11.5 Å². The normalized spacial score (nSPS) is 12.7. The maximum absolute atomic E-state index is 12.9. The molecule has 1 amide bonds. The minimum Gasteiger partial charge on any atom is -0.486 e. The molecule has 0 aromatic heterocycles. The van der Waals surface area contributed by atoms with Crippen LogP contribution >= 0.6 is 11.8 Å². The molecule has 0 saturated carbocycles. The Labute approximate surface area is 159 Å². The van der Waals surface area contributed by atoms with Gasteiger partial charge >= 0.3 is 0 Å². The smallest absolute Gasteiger partial charge is 0.254 e. The van der Waals surface area contributed by atoms with Gasteiger partial charge in [-0.25, -0.2) is 0 Å². The van der Waals surface area contributed by atoms with Gasteiger partial charge < -0.3 is 14.4 Å². The summed E-state index contributed by atoms with van der Waals surface area (Å²) in [5.74, 6) is 3.64. The van der Waals surface area contributed by atoms with Gasteiger partial charge in [0.2, 0.25) is 0 Å². The molecule has 0 fully saturated rings. The third-order valence-electron chi connectivity index (χ3n) is 4.35. The van der Waals surface area contributed by atoms with Gasteiger partial charge in [0.1, 0.15) is 13.2 Å². The number of rotatable bonds is 7. The Bertz CT molecular complexity index is 745. The third kappa shape index (κ3) is 4.33. The Morgan fingerprint density at radius 3 is 2.58 bits per heavy atom. The summed E-state index contributed by atoms with van der Waals surface area (Å²) < 4.78 is 11.4. The van der Waals surface area contributed by atoms with E-state index in [1.165, 1.54) is 5.56 Å². The highest BCUT2D eigenvalue weighted by atomic mass is 32.2. The first-order valence-electron chi connectivity index (χ1n) is 9.06. The zero-order valence-corrected chi connectivity index (χ0v) is 16.2. The van der Waals surface area contributed by atoms with Gasteiger partial charge in [0, 0.05) is 30.0 Å². The van der Waals surface area contributed by atoms with Crippen LogP contribution in [0.25, 0.3) is 0 Å². The number of para-hydroxylation sites is 1. The van der Waals surface area contributed by atoms with Crippen LogP contribution in [0.15, 0.2) is 42.5 Å². The minimum atomic E-state index is 0.0384. The lowest BCUT2D eigenvalue weighted by molar-refractivity contribution is 0.0749. The van der Waals surface area contributed by atoms with Crippen LogP contribution in [0.1, 0.15) is 35.3 Å². The van der Waals surface area contributed by atoms with Gasteiger partial charge in [-0.2, -0.15) is 11.8 Å². The summed E-state index contributed by atoms with van der Waals surface area (Å²) in [5, 5.41) is 0. The van der Waals surface area contributed by atoms with Crippen molar-refractivity contribution in [2.24, 2.45) is 0 Å². The fraction of sp³-hybridized carbons (Fsp3) is 0.381. The van der Waals surface area contributed by atoms with Gasteiger partial charge in [0.25, 0.3) is 5.91 Å². The van der Waals surface area contributed by atoms with Gasteiger partial charge in [-0.15, -0.1) is 0 Å². The van der Waals surface area contributed by atoms with Crippen LogP contribution in [0.5, 0.6) is 11.5 Å². The van der Waals surface area contributed by atoms with Gasteiger partial charge in [-0.05, 0) is 36.4 Å². The monoisotopic (exact) mass is 371 g/mol. The molecule has 26 heavy (non-hydrogen) atoms. The van der Waals surface area contributed by atoms with Crippen LogP contribution in [0.4, 0.5) is 0 Å². The molecule has 1 heterocycles. The van der Waals surface area contributed by atoms with E-state index in [9.17, 15) is 4.79 Å². The van der Waals surface area contributed by atoms with Crippen molar-refractivity contribution < 1.29 is 14.3 Å². The lowest BCUT2D eigenvalue weighted by Crippen LogP contribution is -2.31. The fourth-order valence-electron chi connectivity index (χ4n) is 2.94. The Morgan fingerprint density at radius 1 is 1.08 bits per heavy atom. The standard InChI is InChI=1S/C21H25NO3S/c1-3-22(14-18-6-5-7-19-20(18)25-13-12-24-19)21(23)17-10-8-16(9-11-17)15-26-4-2/h5-11H,3-4,12-15H2,1-2H3. The average molecular weight is 372 g/mol. The van der Waals surface area contributed by atoms with Crippen molar-refractivity contribution >= 4 is 17.7 Å². The van der Waals surface area contributed by atoms with E-state index in [2.05, 4.69) is 6.92 Å².